The molecule has 3 rings (SSSR count). The fourth-order valence-corrected chi connectivity index (χ4v) is 2.28. The molecule has 0 radical (unpaired) electrons. The second kappa shape index (κ2) is 5.20. The lowest BCUT2D eigenvalue weighted by Gasteiger charge is -2.11. The SMILES string of the molecule is O=Cc1ncc2c(ccc(=O)n2Cc2ccccc2)c1O. The van der Waals surface area contributed by atoms with E-state index in [2.05, 4.69) is 4.98 Å². The van der Waals surface area contributed by atoms with Gasteiger partial charge in [0.25, 0.3) is 5.56 Å². The maximum Gasteiger partial charge on any atom is 0.251 e. The highest BCUT2D eigenvalue weighted by Crippen LogP contribution is 2.25. The zero-order valence-electron chi connectivity index (χ0n) is 11.1. The summed E-state index contributed by atoms with van der Waals surface area (Å²) >= 11 is 0. The molecular formula is C16H12N2O3. The van der Waals surface area contributed by atoms with E-state index < -0.39 is 0 Å². The van der Waals surface area contributed by atoms with E-state index >= 15 is 0 Å². The summed E-state index contributed by atoms with van der Waals surface area (Å²) in [5, 5.41) is 10.5. The summed E-state index contributed by atoms with van der Waals surface area (Å²) in [5.74, 6) is -0.204. The van der Waals surface area contributed by atoms with Crippen LogP contribution in [0.25, 0.3) is 10.9 Å². The quantitative estimate of drug-likeness (QED) is 0.744. The Morgan fingerprint density at radius 3 is 2.62 bits per heavy atom. The number of hydrogen-bond donors (Lipinski definition) is 1. The van der Waals surface area contributed by atoms with Crippen LogP contribution in [0.3, 0.4) is 0 Å². The van der Waals surface area contributed by atoms with E-state index in [9.17, 15) is 14.7 Å². The molecule has 21 heavy (non-hydrogen) atoms. The molecule has 0 saturated heterocycles. The molecule has 5 heteroatoms. The topological polar surface area (TPSA) is 72.2 Å². The first kappa shape index (κ1) is 13.1. The van der Waals surface area contributed by atoms with E-state index in [1.165, 1.54) is 22.9 Å². The molecule has 0 amide bonds. The molecule has 0 atom stereocenters. The highest BCUT2D eigenvalue weighted by atomic mass is 16.3. The van der Waals surface area contributed by atoms with Gasteiger partial charge in [-0.25, -0.2) is 4.98 Å². The third kappa shape index (κ3) is 2.29. The molecule has 0 aliphatic rings. The van der Waals surface area contributed by atoms with Crippen molar-refractivity contribution in [2.75, 3.05) is 0 Å². The standard InChI is InChI=1S/C16H12N2O3/c19-10-13-16(21)12-6-7-15(20)18(14(12)8-17-13)9-11-4-2-1-3-5-11/h1-8,10,21H,9H2. The molecule has 0 bridgehead atoms. The number of aldehydes is 1. The van der Waals surface area contributed by atoms with Crippen molar-refractivity contribution in [2.45, 2.75) is 6.54 Å². The normalized spacial score (nSPS) is 10.7. The van der Waals surface area contributed by atoms with Gasteiger partial charge in [-0.15, -0.1) is 0 Å². The van der Waals surface area contributed by atoms with Crippen molar-refractivity contribution < 1.29 is 9.90 Å². The number of fused-ring (bicyclic) bond motifs is 1. The van der Waals surface area contributed by atoms with Crippen molar-refractivity contribution in [1.29, 1.82) is 0 Å². The van der Waals surface area contributed by atoms with Gasteiger partial charge in [0.05, 0.1) is 18.3 Å². The van der Waals surface area contributed by atoms with E-state index in [-0.39, 0.29) is 17.0 Å². The molecule has 5 nitrogen and oxygen atoms in total. The van der Waals surface area contributed by atoms with E-state index in [4.69, 9.17) is 0 Å². The molecule has 0 aliphatic heterocycles. The minimum atomic E-state index is -0.204. The summed E-state index contributed by atoms with van der Waals surface area (Å²) < 4.78 is 1.52. The predicted octanol–water partition coefficient (Wildman–Crippen LogP) is 1.96. The molecule has 0 aliphatic carbocycles. The Morgan fingerprint density at radius 1 is 1.14 bits per heavy atom. The molecule has 2 heterocycles. The Labute approximate surface area is 120 Å². The molecule has 104 valence electrons. The molecule has 1 aromatic carbocycles. The molecule has 3 aromatic rings. The number of benzene rings is 1. The number of nitrogens with zero attached hydrogens (tertiary/aromatic N) is 2. The van der Waals surface area contributed by atoms with E-state index in [0.717, 1.165) is 5.56 Å². The summed E-state index contributed by atoms with van der Waals surface area (Å²) in [4.78, 5) is 26.8. The van der Waals surface area contributed by atoms with Gasteiger partial charge in [-0.2, -0.15) is 0 Å². The van der Waals surface area contributed by atoms with E-state index in [0.29, 0.717) is 23.7 Å². The highest BCUT2D eigenvalue weighted by Gasteiger charge is 2.11. The number of pyridine rings is 2. The molecule has 0 saturated carbocycles. The molecule has 0 spiro atoms. The van der Waals surface area contributed by atoms with Gasteiger partial charge in [0.15, 0.2) is 12.0 Å². The summed E-state index contributed by atoms with van der Waals surface area (Å²) in [6, 6.07) is 12.4. The summed E-state index contributed by atoms with van der Waals surface area (Å²) in [6.07, 6.45) is 1.92. The maximum absolute atomic E-state index is 12.1. The van der Waals surface area contributed by atoms with Gasteiger partial charge in [-0.05, 0) is 11.6 Å². The Balaban J connectivity index is 2.22. The van der Waals surface area contributed by atoms with Gasteiger partial charge in [0, 0.05) is 11.5 Å². The molecular weight excluding hydrogens is 268 g/mol. The number of carbonyl (C=O) groups excluding carboxylic acids is 1. The Hall–Kier alpha value is -2.95. The van der Waals surface area contributed by atoms with Crippen LogP contribution in [0.2, 0.25) is 0 Å². The van der Waals surface area contributed by atoms with Crippen molar-refractivity contribution in [3.63, 3.8) is 0 Å². The minimum absolute atomic E-state index is 0.0348. The van der Waals surface area contributed by atoms with Crippen molar-refractivity contribution in [3.8, 4) is 5.75 Å². The lowest BCUT2D eigenvalue weighted by atomic mass is 10.2. The first-order chi connectivity index (χ1) is 10.2. The van der Waals surface area contributed by atoms with Crippen LogP contribution in [0.15, 0.2) is 53.5 Å². The summed E-state index contributed by atoms with van der Waals surface area (Å²) in [5.41, 5.74) is 1.24. The average molecular weight is 280 g/mol. The van der Waals surface area contributed by atoms with Gasteiger partial charge in [0.1, 0.15) is 5.69 Å². The number of hydrogen-bond acceptors (Lipinski definition) is 4. The predicted molar refractivity (Wildman–Crippen MR) is 78.6 cm³/mol. The van der Waals surface area contributed by atoms with Gasteiger partial charge >= 0.3 is 0 Å². The van der Waals surface area contributed by atoms with Gasteiger partial charge in [-0.1, -0.05) is 30.3 Å². The van der Waals surface area contributed by atoms with Crippen LogP contribution >= 0.6 is 0 Å². The van der Waals surface area contributed by atoms with E-state index in [1.807, 2.05) is 30.3 Å². The number of carbonyl (C=O) groups is 1. The highest BCUT2D eigenvalue weighted by molar-refractivity contribution is 5.91. The van der Waals surface area contributed by atoms with Crippen LogP contribution in [0.5, 0.6) is 5.75 Å². The minimum Gasteiger partial charge on any atom is -0.505 e. The Morgan fingerprint density at radius 2 is 1.90 bits per heavy atom. The smallest absolute Gasteiger partial charge is 0.251 e. The monoisotopic (exact) mass is 280 g/mol. The first-order valence-electron chi connectivity index (χ1n) is 6.41. The number of rotatable bonds is 3. The fourth-order valence-electron chi connectivity index (χ4n) is 2.28. The Kier molecular flexibility index (Phi) is 3.23. The summed E-state index contributed by atoms with van der Waals surface area (Å²) in [6.45, 7) is 0.374. The van der Waals surface area contributed by atoms with Crippen molar-refractivity contribution in [3.05, 3.63) is 70.3 Å². The third-order valence-corrected chi connectivity index (χ3v) is 3.34. The van der Waals surface area contributed by atoms with Gasteiger partial charge in [0.2, 0.25) is 0 Å². The second-order valence-electron chi connectivity index (χ2n) is 4.65. The average Bonchev–Trinajstić information content (AvgIpc) is 2.51. The fraction of sp³-hybridized carbons (Fsp3) is 0.0625. The number of aromatic nitrogens is 2. The Bertz CT molecular complexity index is 870. The van der Waals surface area contributed by atoms with Crippen LogP contribution in [-0.2, 0) is 6.54 Å². The first-order valence-corrected chi connectivity index (χ1v) is 6.41. The van der Waals surface area contributed by atoms with Crippen LogP contribution in [-0.4, -0.2) is 20.9 Å². The molecule has 0 fully saturated rings. The largest absolute Gasteiger partial charge is 0.505 e. The lowest BCUT2D eigenvalue weighted by molar-refractivity contribution is 0.111. The van der Waals surface area contributed by atoms with Gasteiger partial charge < -0.3 is 9.67 Å². The molecule has 1 N–H and O–H groups in total. The molecule has 2 aromatic heterocycles. The second-order valence-corrected chi connectivity index (χ2v) is 4.65. The van der Waals surface area contributed by atoms with Crippen molar-refractivity contribution >= 4 is 17.2 Å². The van der Waals surface area contributed by atoms with E-state index in [1.54, 1.807) is 0 Å². The zero-order chi connectivity index (χ0) is 14.8. The zero-order valence-corrected chi connectivity index (χ0v) is 11.1. The van der Waals surface area contributed by atoms with Gasteiger partial charge in [-0.3, -0.25) is 9.59 Å². The lowest BCUT2D eigenvalue weighted by Crippen LogP contribution is -2.20. The van der Waals surface area contributed by atoms with Crippen LogP contribution in [0, 0.1) is 0 Å². The maximum atomic E-state index is 12.1. The van der Waals surface area contributed by atoms with Crippen LogP contribution < -0.4 is 5.56 Å². The third-order valence-electron chi connectivity index (χ3n) is 3.34. The van der Waals surface area contributed by atoms with Crippen molar-refractivity contribution in [2.24, 2.45) is 0 Å². The molecule has 0 unspecified atom stereocenters. The number of aromatic hydroxyl groups is 1. The van der Waals surface area contributed by atoms with Crippen LogP contribution in [0.1, 0.15) is 16.1 Å². The summed E-state index contributed by atoms with van der Waals surface area (Å²) in [7, 11) is 0. The van der Waals surface area contributed by atoms with Crippen LogP contribution in [0.4, 0.5) is 0 Å². The van der Waals surface area contributed by atoms with Crippen molar-refractivity contribution in [1.82, 2.24) is 9.55 Å².